The van der Waals surface area contributed by atoms with E-state index in [1.807, 2.05) is 11.8 Å². The predicted molar refractivity (Wildman–Crippen MR) is 157 cm³/mol. The fraction of sp³-hybridized carbons (Fsp3) is 0.176. The standard InChI is InChI=1S/C34H31NS/c1-4-34(28-15-13-26(14-16-28)21-35-22-27-18-24(2)17-25(3)19-27)36-23-33-31-11-7-5-9-29(31)20-30-10-6-8-12-32(30)33/h1,5-20,34-35H,21-23H2,2-3H3. The molecule has 5 rings (SSSR count). The number of benzene rings is 5. The van der Waals surface area contributed by atoms with Crippen LogP contribution >= 0.6 is 11.8 Å². The molecule has 1 nitrogen and oxygen atoms in total. The van der Waals surface area contributed by atoms with Crippen molar-refractivity contribution in [3.63, 3.8) is 0 Å². The van der Waals surface area contributed by atoms with E-state index >= 15 is 0 Å². The Balaban J connectivity index is 1.27. The van der Waals surface area contributed by atoms with E-state index in [-0.39, 0.29) is 5.25 Å². The van der Waals surface area contributed by atoms with Crippen LogP contribution in [-0.2, 0) is 18.8 Å². The molecule has 1 unspecified atom stereocenters. The molecular weight excluding hydrogens is 454 g/mol. The summed E-state index contributed by atoms with van der Waals surface area (Å²) in [6, 6.07) is 35.1. The zero-order chi connectivity index (χ0) is 24.9. The molecule has 0 radical (unpaired) electrons. The number of nitrogens with one attached hydrogen (secondary N) is 1. The van der Waals surface area contributed by atoms with Crippen LogP contribution in [0.25, 0.3) is 21.5 Å². The smallest absolute Gasteiger partial charge is 0.0906 e. The Labute approximate surface area is 219 Å². The molecule has 0 bridgehead atoms. The number of aryl methyl sites for hydroxylation is 2. The lowest BCUT2D eigenvalue weighted by Gasteiger charge is -2.15. The van der Waals surface area contributed by atoms with E-state index in [9.17, 15) is 0 Å². The Kier molecular flexibility index (Phi) is 7.42. The second-order valence-electron chi connectivity index (χ2n) is 9.50. The Morgan fingerprint density at radius 1 is 0.722 bits per heavy atom. The van der Waals surface area contributed by atoms with Crippen LogP contribution in [-0.4, -0.2) is 0 Å². The molecule has 5 aromatic carbocycles. The lowest BCUT2D eigenvalue weighted by molar-refractivity contribution is 0.692. The summed E-state index contributed by atoms with van der Waals surface area (Å²) in [4.78, 5) is 0. The lowest BCUT2D eigenvalue weighted by Crippen LogP contribution is -2.13. The first kappa shape index (κ1) is 24.2. The molecule has 0 saturated carbocycles. The molecule has 0 amide bonds. The van der Waals surface area contributed by atoms with Crippen LogP contribution < -0.4 is 5.32 Å². The van der Waals surface area contributed by atoms with E-state index in [0.29, 0.717) is 0 Å². The molecule has 0 aliphatic carbocycles. The van der Waals surface area contributed by atoms with Gasteiger partial charge in [-0.25, -0.2) is 0 Å². The van der Waals surface area contributed by atoms with Gasteiger partial charge in [0.1, 0.15) is 0 Å². The topological polar surface area (TPSA) is 12.0 Å². The average Bonchev–Trinajstić information content (AvgIpc) is 2.88. The molecule has 1 atom stereocenters. The van der Waals surface area contributed by atoms with Gasteiger partial charge in [-0.1, -0.05) is 108 Å². The molecule has 1 N–H and O–H groups in total. The van der Waals surface area contributed by atoms with Gasteiger partial charge in [0.05, 0.1) is 5.25 Å². The fourth-order valence-corrected chi connectivity index (χ4v) is 6.09. The quantitative estimate of drug-likeness (QED) is 0.175. The maximum Gasteiger partial charge on any atom is 0.0906 e. The van der Waals surface area contributed by atoms with Crippen molar-refractivity contribution in [2.75, 3.05) is 0 Å². The zero-order valence-corrected chi connectivity index (χ0v) is 21.7. The Hall–Kier alpha value is -3.51. The first-order valence-corrected chi connectivity index (χ1v) is 13.5. The predicted octanol–water partition coefficient (Wildman–Crippen LogP) is 8.51. The number of hydrogen-bond donors (Lipinski definition) is 1. The van der Waals surface area contributed by atoms with E-state index in [1.165, 1.54) is 54.9 Å². The van der Waals surface area contributed by atoms with Crippen molar-refractivity contribution in [3.05, 3.63) is 130 Å². The summed E-state index contributed by atoms with van der Waals surface area (Å²) in [7, 11) is 0. The molecule has 0 aliphatic rings. The lowest BCUT2D eigenvalue weighted by atomic mass is 9.98. The van der Waals surface area contributed by atoms with Crippen LogP contribution in [0.3, 0.4) is 0 Å². The highest BCUT2D eigenvalue weighted by Crippen LogP contribution is 2.36. The van der Waals surface area contributed by atoms with E-state index in [1.54, 1.807) is 0 Å². The van der Waals surface area contributed by atoms with Crippen LogP contribution in [0.15, 0.2) is 97.1 Å². The van der Waals surface area contributed by atoms with Crippen LogP contribution in [0.4, 0.5) is 0 Å². The normalized spacial score (nSPS) is 12.0. The van der Waals surface area contributed by atoms with Crippen LogP contribution in [0.1, 0.15) is 38.6 Å². The van der Waals surface area contributed by atoms with Crippen LogP contribution in [0, 0.1) is 26.2 Å². The Bertz CT molecular complexity index is 1470. The van der Waals surface area contributed by atoms with E-state index in [2.05, 4.69) is 122 Å². The van der Waals surface area contributed by atoms with Gasteiger partial charge in [0.25, 0.3) is 0 Å². The van der Waals surface area contributed by atoms with Crippen molar-refractivity contribution in [3.8, 4) is 12.3 Å². The van der Waals surface area contributed by atoms with Crippen molar-refractivity contribution in [1.82, 2.24) is 5.32 Å². The maximum absolute atomic E-state index is 6.02. The molecule has 36 heavy (non-hydrogen) atoms. The van der Waals surface area contributed by atoms with E-state index < -0.39 is 0 Å². The van der Waals surface area contributed by atoms with E-state index in [4.69, 9.17) is 6.42 Å². The molecule has 5 aromatic rings. The molecule has 0 spiro atoms. The third-order valence-electron chi connectivity index (χ3n) is 6.65. The average molecular weight is 486 g/mol. The first-order valence-electron chi connectivity index (χ1n) is 12.4. The van der Waals surface area contributed by atoms with Gasteiger partial charge in [-0.2, -0.15) is 0 Å². The van der Waals surface area contributed by atoms with Gasteiger partial charge in [-0.05, 0) is 63.7 Å². The van der Waals surface area contributed by atoms with Gasteiger partial charge in [-0.3, -0.25) is 0 Å². The Morgan fingerprint density at radius 3 is 1.92 bits per heavy atom. The molecular formula is C34H31NS. The van der Waals surface area contributed by atoms with E-state index in [0.717, 1.165) is 18.8 Å². The van der Waals surface area contributed by atoms with Crippen molar-refractivity contribution in [1.29, 1.82) is 0 Å². The summed E-state index contributed by atoms with van der Waals surface area (Å²) in [5.41, 5.74) is 7.76. The number of terminal acetylenes is 1. The van der Waals surface area contributed by atoms with Gasteiger partial charge in [0.2, 0.25) is 0 Å². The minimum atomic E-state index is 0.0139. The molecule has 0 saturated heterocycles. The molecule has 0 heterocycles. The van der Waals surface area contributed by atoms with Gasteiger partial charge < -0.3 is 5.32 Å². The van der Waals surface area contributed by atoms with Crippen molar-refractivity contribution in [2.45, 2.75) is 37.9 Å². The molecule has 2 heteroatoms. The van der Waals surface area contributed by atoms with Crippen molar-refractivity contribution < 1.29 is 0 Å². The largest absolute Gasteiger partial charge is 0.309 e. The fourth-order valence-electron chi connectivity index (χ4n) is 5.00. The molecule has 0 aliphatic heterocycles. The number of hydrogen-bond acceptors (Lipinski definition) is 2. The summed E-state index contributed by atoms with van der Waals surface area (Å²) in [5, 5.41) is 8.76. The van der Waals surface area contributed by atoms with Gasteiger partial charge in [0.15, 0.2) is 0 Å². The van der Waals surface area contributed by atoms with Gasteiger partial charge in [-0.15, -0.1) is 18.2 Å². The summed E-state index contributed by atoms with van der Waals surface area (Å²) >= 11 is 1.83. The summed E-state index contributed by atoms with van der Waals surface area (Å²) in [5.74, 6) is 3.90. The minimum absolute atomic E-state index is 0.0139. The third-order valence-corrected chi connectivity index (χ3v) is 7.85. The van der Waals surface area contributed by atoms with Crippen molar-refractivity contribution in [2.24, 2.45) is 0 Å². The van der Waals surface area contributed by atoms with Gasteiger partial charge >= 0.3 is 0 Å². The molecule has 0 fully saturated rings. The maximum atomic E-state index is 6.02. The third kappa shape index (κ3) is 5.49. The summed E-state index contributed by atoms with van der Waals surface area (Å²) in [6.45, 7) is 6.00. The molecule has 0 aromatic heterocycles. The highest BCUT2D eigenvalue weighted by atomic mass is 32.2. The number of rotatable bonds is 8. The van der Waals surface area contributed by atoms with Crippen molar-refractivity contribution >= 4 is 33.3 Å². The molecule has 178 valence electrons. The number of fused-ring (bicyclic) bond motifs is 2. The monoisotopic (exact) mass is 485 g/mol. The highest BCUT2D eigenvalue weighted by Gasteiger charge is 2.13. The Morgan fingerprint density at radius 2 is 1.31 bits per heavy atom. The zero-order valence-electron chi connectivity index (χ0n) is 20.9. The highest BCUT2D eigenvalue weighted by molar-refractivity contribution is 7.99. The first-order chi connectivity index (χ1) is 17.6. The second-order valence-corrected chi connectivity index (χ2v) is 10.6. The van der Waals surface area contributed by atoms with Crippen LogP contribution in [0.5, 0.6) is 0 Å². The summed E-state index contributed by atoms with van der Waals surface area (Å²) in [6.07, 6.45) is 6.02. The SMILES string of the molecule is C#CC(SCc1c2ccccc2cc2ccccc12)c1ccc(CNCc2cc(C)cc(C)c2)cc1. The minimum Gasteiger partial charge on any atom is -0.309 e. The second kappa shape index (κ2) is 11.0. The van der Waals surface area contributed by atoms with Gasteiger partial charge in [0, 0.05) is 18.8 Å². The number of thioether (sulfide) groups is 1. The summed E-state index contributed by atoms with van der Waals surface area (Å²) < 4.78 is 0. The van der Waals surface area contributed by atoms with Crippen LogP contribution in [0.2, 0.25) is 0 Å².